The second-order valence-corrected chi connectivity index (χ2v) is 6.30. The average Bonchev–Trinajstić information content (AvgIpc) is 3.12. The van der Waals surface area contributed by atoms with Crippen LogP contribution in [0.4, 0.5) is 0 Å². The van der Waals surface area contributed by atoms with E-state index >= 15 is 0 Å². The van der Waals surface area contributed by atoms with Crippen molar-refractivity contribution in [1.29, 1.82) is 0 Å². The second-order valence-electron chi connectivity index (χ2n) is 6.30. The highest BCUT2D eigenvalue weighted by Crippen LogP contribution is 2.23. The molecule has 128 valence electrons. The largest absolute Gasteiger partial charge is 0.395 e. The Morgan fingerprint density at radius 3 is 2.55 bits per heavy atom. The standard InChI is InChI=1S/C15H29N3O4/c1-2-3-6-16-15(22)12(18-7-4-5-8-18)11-14(21)13(20)10(9-19)17-11/h10-14,17,19-21H,2-9H2,1H3,(H,16,22)/t10-,11-,12?,13-,14+/m1/s1. The molecule has 5 atom stereocenters. The summed E-state index contributed by atoms with van der Waals surface area (Å²) in [5.74, 6) is -0.113. The fourth-order valence-electron chi connectivity index (χ4n) is 3.40. The van der Waals surface area contributed by atoms with Gasteiger partial charge in [0.05, 0.1) is 30.9 Å². The third-order valence-electron chi connectivity index (χ3n) is 4.71. The number of nitrogens with zero attached hydrogens (tertiary/aromatic N) is 1. The minimum Gasteiger partial charge on any atom is -0.395 e. The zero-order valence-corrected chi connectivity index (χ0v) is 13.2. The molecule has 2 aliphatic heterocycles. The number of aliphatic hydroxyl groups excluding tert-OH is 3. The number of hydrogen-bond acceptors (Lipinski definition) is 6. The molecule has 0 spiro atoms. The first kappa shape index (κ1) is 17.6. The lowest BCUT2D eigenvalue weighted by molar-refractivity contribution is -0.128. The van der Waals surface area contributed by atoms with Gasteiger partial charge in [0, 0.05) is 6.54 Å². The molecule has 0 aromatic carbocycles. The van der Waals surface area contributed by atoms with Crippen LogP contribution in [0.25, 0.3) is 0 Å². The van der Waals surface area contributed by atoms with E-state index in [2.05, 4.69) is 22.5 Å². The fourth-order valence-corrected chi connectivity index (χ4v) is 3.40. The summed E-state index contributed by atoms with van der Waals surface area (Å²) in [7, 11) is 0. The Labute approximate surface area is 131 Å². The van der Waals surface area contributed by atoms with Crippen molar-refractivity contribution in [2.24, 2.45) is 0 Å². The second kappa shape index (κ2) is 8.21. The van der Waals surface area contributed by atoms with Gasteiger partial charge < -0.3 is 26.0 Å². The van der Waals surface area contributed by atoms with Gasteiger partial charge >= 0.3 is 0 Å². The van der Waals surface area contributed by atoms with Crippen molar-refractivity contribution in [3.05, 3.63) is 0 Å². The number of carbonyl (C=O) groups is 1. The summed E-state index contributed by atoms with van der Waals surface area (Å²) in [5.41, 5.74) is 0. The van der Waals surface area contributed by atoms with Gasteiger partial charge in [0.15, 0.2) is 0 Å². The van der Waals surface area contributed by atoms with Crippen LogP contribution in [0.3, 0.4) is 0 Å². The Balaban J connectivity index is 2.08. The smallest absolute Gasteiger partial charge is 0.239 e. The summed E-state index contributed by atoms with van der Waals surface area (Å²) in [5, 5.41) is 35.5. The predicted octanol–water partition coefficient (Wildman–Crippen LogP) is -1.58. The molecule has 2 fully saturated rings. The Kier molecular flexibility index (Phi) is 6.58. The SMILES string of the molecule is CCCCNC(=O)C([C@H]1N[C@H](CO)[C@@H](O)[C@H]1O)N1CCCC1. The molecule has 2 heterocycles. The lowest BCUT2D eigenvalue weighted by atomic mass is 9.99. The fraction of sp³-hybridized carbons (Fsp3) is 0.933. The van der Waals surface area contributed by atoms with Crippen molar-refractivity contribution in [3.63, 3.8) is 0 Å². The van der Waals surface area contributed by atoms with Crippen molar-refractivity contribution in [2.45, 2.75) is 62.9 Å². The molecule has 7 heteroatoms. The lowest BCUT2D eigenvalue weighted by Crippen LogP contribution is -2.59. The highest BCUT2D eigenvalue weighted by Gasteiger charge is 2.48. The van der Waals surface area contributed by atoms with E-state index in [1.165, 1.54) is 0 Å². The predicted molar refractivity (Wildman–Crippen MR) is 82.3 cm³/mol. The quantitative estimate of drug-likeness (QED) is 0.363. The Morgan fingerprint density at radius 1 is 1.32 bits per heavy atom. The first-order chi connectivity index (χ1) is 10.6. The van der Waals surface area contributed by atoms with Gasteiger partial charge in [-0.1, -0.05) is 13.3 Å². The van der Waals surface area contributed by atoms with Gasteiger partial charge in [0.1, 0.15) is 6.04 Å². The van der Waals surface area contributed by atoms with Gasteiger partial charge in [0.2, 0.25) is 5.91 Å². The molecule has 0 aromatic rings. The van der Waals surface area contributed by atoms with Gasteiger partial charge in [0.25, 0.3) is 0 Å². The maximum atomic E-state index is 12.6. The van der Waals surface area contributed by atoms with Crippen molar-refractivity contribution in [1.82, 2.24) is 15.5 Å². The Bertz CT molecular complexity index is 363. The summed E-state index contributed by atoms with van der Waals surface area (Å²) < 4.78 is 0. The third kappa shape index (κ3) is 3.78. The van der Waals surface area contributed by atoms with E-state index in [9.17, 15) is 20.1 Å². The summed E-state index contributed by atoms with van der Waals surface area (Å²) in [6.45, 7) is 4.05. The van der Waals surface area contributed by atoms with Crippen molar-refractivity contribution >= 4 is 5.91 Å². The lowest BCUT2D eigenvalue weighted by Gasteiger charge is -2.33. The summed E-state index contributed by atoms with van der Waals surface area (Å²) in [6, 6.07) is -1.67. The maximum absolute atomic E-state index is 12.6. The van der Waals surface area contributed by atoms with Gasteiger partial charge in [-0.3, -0.25) is 9.69 Å². The third-order valence-corrected chi connectivity index (χ3v) is 4.71. The van der Waals surface area contributed by atoms with Gasteiger partial charge in [-0.15, -0.1) is 0 Å². The molecular weight excluding hydrogens is 286 g/mol. The molecule has 0 radical (unpaired) electrons. The monoisotopic (exact) mass is 315 g/mol. The molecule has 2 saturated heterocycles. The topological polar surface area (TPSA) is 105 Å². The maximum Gasteiger partial charge on any atom is 0.239 e. The van der Waals surface area contributed by atoms with Crippen LogP contribution in [0, 0.1) is 0 Å². The molecule has 0 aromatic heterocycles. The van der Waals surface area contributed by atoms with E-state index in [1.54, 1.807) is 0 Å². The molecule has 0 aliphatic carbocycles. The summed E-state index contributed by atoms with van der Waals surface area (Å²) in [6.07, 6.45) is 1.88. The molecule has 22 heavy (non-hydrogen) atoms. The first-order valence-corrected chi connectivity index (χ1v) is 8.35. The van der Waals surface area contributed by atoms with Crippen LogP contribution in [0.15, 0.2) is 0 Å². The molecule has 2 rings (SSSR count). The molecule has 5 N–H and O–H groups in total. The van der Waals surface area contributed by atoms with Crippen molar-refractivity contribution in [2.75, 3.05) is 26.2 Å². The highest BCUT2D eigenvalue weighted by molar-refractivity contribution is 5.83. The number of rotatable bonds is 7. The molecular formula is C15H29N3O4. The minimum absolute atomic E-state index is 0.113. The van der Waals surface area contributed by atoms with E-state index < -0.39 is 30.3 Å². The average molecular weight is 315 g/mol. The summed E-state index contributed by atoms with van der Waals surface area (Å²) >= 11 is 0. The number of hydrogen-bond donors (Lipinski definition) is 5. The van der Waals surface area contributed by atoms with Crippen LogP contribution < -0.4 is 10.6 Å². The molecule has 1 unspecified atom stereocenters. The van der Waals surface area contributed by atoms with Crippen molar-refractivity contribution < 1.29 is 20.1 Å². The first-order valence-electron chi connectivity index (χ1n) is 8.35. The van der Waals surface area contributed by atoms with Gasteiger partial charge in [-0.05, 0) is 32.4 Å². The van der Waals surface area contributed by atoms with E-state index in [-0.39, 0.29) is 12.5 Å². The number of unbranched alkanes of at least 4 members (excludes halogenated alkanes) is 1. The molecule has 0 saturated carbocycles. The van der Waals surface area contributed by atoms with E-state index in [0.717, 1.165) is 38.8 Å². The zero-order valence-electron chi connectivity index (χ0n) is 13.2. The number of likely N-dealkylation sites (tertiary alicyclic amines) is 1. The highest BCUT2D eigenvalue weighted by atomic mass is 16.3. The van der Waals surface area contributed by atoms with Crippen LogP contribution in [0.1, 0.15) is 32.6 Å². The van der Waals surface area contributed by atoms with Crippen LogP contribution in [0.5, 0.6) is 0 Å². The Hall–Kier alpha value is -0.730. The van der Waals surface area contributed by atoms with Crippen LogP contribution >= 0.6 is 0 Å². The van der Waals surface area contributed by atoms with Crippen LogP contribution in [0.2, 0.25) is 0 Å². The molecule has 0 bridgehead atoms. The van der Waals surface area contributed by atoms with Crippen molar-refractivity contribution in [3.8, 4) is 0 Å². The molecule has 1 amide bonds. The minimum atomic E-state index is -1.06. The van der Waals surface area contributed by atoms with E-state index in [1.807, 2.05) is 0 Å². The molecule has 7 nitrogen and oxygen atoms in total. The Morgan fingerprint density at radius 2 is 2.00 bits per heavy atom. The zero-order chi connectivity index (χ0) is 16.1. The normalized spacial score (nSPS) is 34.0. The number of nitrogens with one attached hydrogen (secondary N) is 2. The summed E-state index contributed by atoms with van der Waals surface area (Å²) in [4.78, 5) is 14.7. The van der Waals surface area contributed by atoms with Crippen LogP contribution in [-0.2, 0) is 4.79 Å². The molecule has 2 aliphatic rings. The number of amides is 1. The van der Waals surface area contributed by atoms with E-state index in [4.69, 9.17) is 0 Å². The van der Waals surface area contributed by atoms with Gasteiger partial charge in [-0.25, -0.2) is 0 Å². The van der Waals surface area contributed by atoms with E-state index in [0.29, 0.717) is 6.54 Å². The number of carbonyl (C=O) groups excluding carboxylic acids is 1. The van der Waals surface area contributed by atoms with Crippen LogP contribution in [-0.4, -0.2) is 82.7 Å². The van der Waals surface area contributed by atoms with Gasteiger partial charge in [-0.2, -0.15) is 0 Å². The number of aliphatic hydroxyl groups is 3.